The second kappa shape index (κ2) is 4.29. The largest absolute Gasteiger partial charge is 0.370 e. The smallest absolute Gasteiger partial charge is 0.212 e. The molecule has 1 aromatic heterocycles. The molecule has 5 heteroatoms. The first-order chi connectivity index (χ1) is 7.88. The van der Waals surface area contributed by atoms with Crippen LogP contribution in [-0.2, 0) is 6.42 Å². The number of aromatic nitrogens is 1. The molecule has 2 rings (SSSR count). The van der Waals surface area contributed by atoms with Gasteiger partial charge in [-0.25, -0.2) is 4.98 Å². The maximum atomic E-state index is 5.40. The highest BCUT2D eigenvalue weighted by atomic mass is 32.1. The predicted octanol–water partition coefficient (Wildman–Crippen LogP) is 2.51. The fraction of sp³-hybridized carbons (Fsp3) is 0.667. The highest BCUT2D eigenvalue weighted by Gasteiger charge is 2.33. The normalized spacial score (nSPS) is 19.8. The minimum Gasteiger partial charge on any atom is -0.370 e. The number of guanidine groups is 1. The van der Waals surface area contributed by atoms with E-state index in [4.69, 9.17) is 11.5 Å². The Morgan fingerprint density at radius 2 is 2.12 bits per heavy atom. The molecule has 17 heavy (non-hydrogen) atoms. The maximum Gasteiger partial charge on any atom is 0.212 e. The molecule has 0 fully saturated rings. The molecule has 0 amide bonds. The van der Waals surface area contributed by atoms with Crippen LogP contribution in [0.1, 0.15) is 50.1 Å². The number of nitrogens with two attached hydrogens (primary N) is 2. The fourth-order valence-electron chi connectivity index (χ4n) is 2.41. The molecule has 4 N–H and O–H groups in total. The molecule has 1 aromatic rings. The van der Waals surface area contributed by atoms with E-state index in [-0.39, 0.29) is 11.4 Å². The second-order valence-corrected chi connectivity index (χ2v) is 6.71. The minimum atomic E-state index is 0.0865. The van der Waals surface area contributed by atoms with Gasteiger partial charge in [-0.3, -0.25) is 0 Å². The Balaban J connectivity index is 2.38. The lowest BCUT2D eigenvalue weighted by Crippen LogP contribution is -2.23. The monoisotopic (exact) mass is 252 g/mol. The van der Waals surface area contributed by atoms with Gasteiger partial charge in [-0.05, 0) is 24.7 Å². The SMILES string of the molecule is CC(C)(C)C1CCCc2sc(N=C(N)N)nc21. The van der Waals surface area contributed by atoms with Crippen LogP contribution in [-0.4, -0.2) is 10.9 Å². The number of rotatable bonds is 1. The zero-order valence-corrected chi connectivity index (χ0v) is 11.5. The first-order valence-corrected chi connectivity index (χ1v) is 6.79. The third kappa shape index (κ3) is 2.60. The topological polar surface area (TPSA) is 77.3 Å². The van der Waals surface area contributed by atoms with Crippen molar-refractivity contribution in [2.45, 2.75) is 46.0 Å². The van der Waals surface area contributed by atoms with Crippen LogP contribution in [0.4, 0.5) is 5.13 Å². The summed E-state index contributed by atoms with van der Waals surface area (Å²) in [6, 6.07) is 0. The van der Waals surface area contributed by atoms with Crippen LogP contribution in [0, 0.1) is 5.41 Å². The van der Waals surface area contributed by atoms with Gasteiger partial charge in [0.2, 0.25) is 5.13 Å². The molecule has 1 aliphatic carbocycles. The van der Waals surface area contributed by atoms with Gasteiger partial charge in [-0.15, -0.1) is 0 Å². The molecular formula is C12H20N4S. The molecule has 0 bridgehead atoms. The van der Waals surface area contributed by atoms with Crippen LogP contribution < -0.4 is 11.5 Å². The third-order valence-corrected chi connectivity index (χ3v) is 4.24. The predicted molar refractivity (Wildman–Crippen MR) is 72.7 cm³/mol. The van der Waals surface area contributed by atoms with E-state index in [9.17, 15) is 0 Å². The van der Waals surface area contributed by atoms with Crippen molar-refractivity contribution in [3.8, 4) is 0 Å². The average molecular weight is 252 g/mol. The van der Waals surface area contributed by atoms with E-state index in [1.807, 2.05) is 0 Å². The lowest BCUT2D eigenvalue weighted by Gasteiger charge is -2.32. The average Bonchev–Trinajstić information content (AvgIpc) is 2.55. The number of hydrogen-bond acceptors (Lipinski definition) is 3. The van der Waals surface area contributed by atoms with Crippen LogP contribution in [0.2, 0.25) is 0 Å². The maximum absolute atomic E-state index is 5.40. The third-order valence-electron chi connectivity index (χ3n) is 3.21. The molecule has 0 aromatic carbocycles. The van der Waals surface area contributed by atoms with Crippen LogP contribution in [0.25, 0.3) is 0 Å². The zero-order chi connectivity index (χ0) is 12.6. The van der Waals surface area contributed by atoms with E-state index < -0.39 is 0 Å². The van der Waals surface area contributed by atoms with E-state index in [1.165, 1.54) is 23.4 Å². The van der Waals surface area contributed by atoms with Crippen molar-refractivity contribution < 1.29 is 0 Å². The number of thiazole rings is 1. The molecule has 1 unspecified atom stereocenters. The standard InChI is InChI=1S/C12H20N4S/c1-12(2,3)7-5-4-6-8-9(7)15-11(17-8)16-10(13)14/h7H,4-6H2,1-3H3,(H4,13,14,15,16). The van der Waals surface area contributed by atoms with Crippen molar-refractivity contribution in [3.63, 3.8) is 0 Å². The molecule has 0 aliphatic heterocycles. The first-order valence-electron chi connectivity index (χ1n) is 5.97. The summed E-state index contributed by atoms with van der Waals surface area (Å²) >= 11 is 1.62. The number of aryl methyl sites for hydroxylation is 1. The Hall–Kier alpha value is -1.10. The summed E-state index contributed by atoms with van der Waals surface area (Å²) < 4.78 is 0. The molecule has 1 atom stereocenters. The highest BCUT2D eigenvalue weighted by Crippen LogP contribution is 2.45. The van der Waals surface area contributed by atoms with Gasteiger partial charge in [0.15, 0.2) is 5.96 Å². The highest BCUT2D eigenvalue weighted by molar-refractivity contribution is 7.15. The van der Waals surface area contributed by atoms with E-state index in [0.717, 1.165) is 6.42 Å². The van der Waals surface area contributed by atoms with E-state index in [1.54, 1.807) is 11.3 Å². The van der Waals surface area contributed by atoms with Crippen LogP contribution in [0.15, 0.2) is 4.99 Å². The van der Waals surface area contributed by atoms with Gasteiger partial charge in [-0.2, -0.15) is 4.99 Å². The van der Waals surface area contributed by atoms with Crippen molar-refractivity contribution in [1.82, 2.24) is 4.98 Å². The Morgan fingerprint density at radius 3 is 2.71 bits per heavy atom. The quantitative estimate of drug-likeness (QED) is 0.595. The van der Waals surface area contributed by atoms with E-state index in [0.29, 0.717) is 11.0 Å². The van der Waals surface area contributed by atoms with Crippen LogP contribution in [0.3, 0.4) is 0 Å². The summed E-state index contributed by atoms with van der Waals surface area (Å²) in [6.45, 7) is 6.81. The molecule has 0 saturated heterocycles. The van der Waals surface area contributed by atoms with Gasteiger partial charge in [0.25, 0.3) is 0 Å². The summed E-state index contributed by atoms with van der Waals surface area (Å²) in [5, 5.41) is 0.700. The summed E-state index contributed by atoms with van der Waals surface area (Å²) in [6.07, 6.45) is 3.56. The van der Waals surface area contributed by atoms with E-state index in [2.05, 4.69) is 30.7 Å². The second-order valence-electron chi connectivity index (χ2n) is 5.65. The van der Waals surface area contributed by atoms with Gasteiger partial charge in [-0.1, -0.05) is 32.1 Å². The molecule has 1 aliphatic rings. The summed E-state index contributed by atoms with van der Waals surface area (Å²) in [5.74, 6) is 0.605. The number of hydrogen-bond donors (Lipinski definition) is 2. The van der Waals surface area contributed by atoms with Gasteiger partial charge >= 0.3 is 0 Å². The van der Waals surface area contributed by atoms with Gasteiger partial charge in [0.05, 0.1) is 5.69 Å². The number of aliphatic imine (C=N–C) groups is 1. The number of nitrogens with zero attached hydrogens (tertiary/aromatic N) is 2. The molecule has 94 valence electrons. The van der Waals surface area contributed by atoms with E-state index >= 15 is 0 Å². The molecule has 4 nitrogen and oxygen atoms in total. The van der Waals surface area contributed by atoms with Crippen LogP contribution >= 0.6 is 11.3 Å². The number of fused-ring (bicyclic) bond motifs is 1. The molecule has 0 radical (unpaired) electrons. The van der Waals surface area contributed by atoms with Crippen molar-refractivity contribution in [2.75, 3.05) is 0 Å². The molecule has 0 spiro atoms. The van der Waals surface area contributed by atoms with Crippen molar-refractivity contribution >= 4 is 22.4 Å². The molecular weight excluding hydrogens is 232 g/mol. The van der Waals surface area contributed by atoms with Gasteiger partial charge in [0.1, 0.15) is 0 Å². The van der Waals surface area contributed by atoms with Gasteiger partial charge < -0.3 is 11.5 Å². The zero-order valence-electron chi connectivity index (χ0n) is 10.7. The minimum absolute atomic E-state index is 0.0865. The Morgan fingerprint density at radius 1 is 1.41 bits per heavy atom. The van der Waals surface area contributed by atoms with Crippen molar-refractivity contribution in [3.05, 3.63) is 10.6 Å². The first kappa shape index (κ1) is 12.4. The Labute approximate surface area is 106 Å². The summed E-state index contributed by atoms with van der Waals surface area (Å²) in [7, 11) is 0. The summed E-state index contributed by atoms with van der Waals surface area (Å²) in [4.78, 5) is 10.0. The lowest BCUT2D eigenvalue weighted by atomic mass is 9.73. The Bertz CT molecular complexity index is 438. The molecule has 1 heterocycles. The lowest BCUT2D eigenvalue weighted by molar-refractivity contribution is 0.286. The van der Waals surface area contributed by atoms with Gasteiger partial charge in [0, 0.05) is 10.8 Å². The van der Waals surface area contributed by atoms with Crippen LogP contribution in [0.5, 0.6) is 0 Å². The van der Waals surface area contributed by atoms with Crippen molar-refractivity contribution in [1.29, 1.82) is 0 Å². The van der Waals surface area contributed by atoms with Crippen molar-refractivity contribution in [2.24, 2.45) is 21.9 Å². The Kier molecular flexibility index (Phi) is 3.12. The molecule has 0 saturated carbocycles. The summed E-state index contributed by atoms with van der Waals surface area (Å²) in [5.41, 5.74) is 12.3. The fourth-order valence-corrected chi connectivity index (χ4v) is 3.46.